The van der Waals surface area contributed by atoms with Gasteiger partial charge in [-0.3, -0.25) is 0 Å². The molecule has 130 valence electrons. The average Bonchev–Trinajstić information content (AvgIpc) is 2.91. The van der Waals surface area contributed by atoms with Gasteiger partial charge < -0.3 is 4.42 Å². The highest BCUT2D eigenvalue weighted by molar-refractivity contribution is 7.92. The van der Waals surface area contributed by atoms with Gasteiger partial charge in [0.2, 0.25) is 10.0 Å². The van der Waals surface area contributed by atoms with Crippen LogP contribution in [0.4, 0.5) is 0 Å². The summed E-state index contributed by atoms with van der Waals surface area (Å²) < 4.78 is 56.1. The van der Waals surface area contributed by atoms with E-state index in [0.29, 0.717) is 16.3 Å². The van der Waals surface area contributed by atoms with Crippen LogP contribution in [0.2, 0.25) is 5.02 Å². The van der Waals surface area contributed by atoms with Crippen molar-refractivity contribution in [2.24, 2.45) is 0 Å². The van der Waals surface area contributed by atoms with Crippen molar-refractivity contribution in [3.63, 3.8) is 0 Å². The number of sulfonamides is 1. The Kier molecular flexibility index (Phi) is 4.50. The van der Waals surface area contributed by atoms with Crippen LogP contribution in [0.15, 0.2) is 45.9 Å². The molecule has 0 N–H and O–H groups in total. The summed E-state index contributed by atoms with van der Waals surface area (Å²) in [7, 11) is -7.22. The Morgan fingerprint density at radius 1 is 1.17 bits per heavy atom. The Bertz CT molecular complexity index is 946. The van der Waals surface area contributed by atoms with Gasteiger partial charge in [0.15, 0.2) is 9.84 Å². The number of halogens is 1. The Balaban J connectivity index is 1.75. The van der Waals surface area contributed by atoms with E-state index in [2.05, 4.69) is 0 Å². The van der Waals surface area contributed by atoms with Crippen LogP contribution in [0.1, 0.15) is 11.3 Å². The molecule has 9 heteroatoms. The molecule has 0 unspecified atom stereocenters. The maximum absolute atomic E-state index is 12.6. The minimum atomic E-state index is -3.75. The second-order valence-electron chi connectivity index (χ2n) is 5.69. The molecule has 1 aliphatic heterocycles. The average molecular weight is 390 g/mol. The molecule has 1 aliphatic rings. The van der Waals surface area contributed by atoms with Crippen molar-refractivity contribution in [1.82, 2.24) is 4.31 Å². The van der Waals surface area contributed by atoms with Gasteiger partial charge in [-0.05, 0) is 36.8 Å². The lowest BCUT2D eigenvalue weighted by Gasteiger charge is -2.37. The molecule has 2 aromatic rings. The van der Waals surface area contributed by atoms with Gasteiger partial charge in [-0.2, -0.15) is 4.31 Å². The highest BCUT2D eigenvalue weighted by Gasteiger charge is 2.44. The van der Waals surface area contributed by atoms with Gasteiger partial charge >= 0.3 is 0 Å². The Hall–Kier alpha value is -1.35. The number of hydrogen-bond donors (Lipinski definition) is 0. The molecule has 2 heterocycles. The van der Waals surface area contributed by atoms with Crippen molar-refractivity contribution in [3.8, 4) is 0 Å². The summed E-state index contributed by atoms with van der Waals surface area (Å²) in [6.07, 6.45) is 1.41. The lowest BCUT2D eigenvalue weighted by Crippen LogP contribution is -2.56. The van der Waals surface area contributed by atoms with Crippen LogP contribution in [0.3, 0.4) is 0 Å². The van der Waals surface area contributed by atoms with Crippen LogP contribution in [0.5, 0.6) is 0 Å². The summed E-state index contributed by atoms with van der Waals surface area (Å²) >= 11 is 5.98. The van der Waals surface area contributed by atoms with Gasteiger partial charge in [0.25, 0.3) is 0 Å². The summed E-state index contributed by atoms with van der Waals surface area (Å²) in [5.41, 5.74) is 0.459. The van der Waals surface area contributed by atoms with Gasteiger partial charge in [-0.25, -0.2) is 16.8 Å². The second-order valence-corrected chi connectivity index (χ2v) is 10.3. The minimum Gasteiger partial charge on any atom is -0.468 e. The van der Waals surface area contributed by atoms with E-state index >= 15 is 0 Å². The fourth-order valence-electron chi connectivity index (χ4n) is 2.54. The first-order chi connectivity index (χ1) is 11.2. The topological polar surface area (TPSA) is 84.7 Å². The molecule has 0 spiro atoms. The number of nitrogens with zero attached hydrogens (tertiary/aromatic N) is 1. The van der Waals surface area contributed by atoms with E-state index in [1.54, 1.807) is 31.2 Å². The molecule has 1 aromatic heterocycles. The van der Waals surface area contributed by atoms with Crippen LogP contribution < -0.4 is 0 Å². The molecule has 0 saturated carbocycles. The fourth-order valence-corrected chi connectivity index (χ4v) is 6.35. The Labute approximate surface area is 146 Å². The van der Waals surface area contributed by atoms with E-state index in [-0.39, 0.29) is 23.7 Å². The standard InChI is InChI=1S/C15H16ClNO5S2/c1-11-14(16)5-2-6-15(11)24(20,21)17-8-13(9-17)23(18,19)10-12-4-3-7-22-12/h2-7,13H,8-10H2,1H3. The van der Waals surface area contributed by atoms with Crippen LogP contribution in [-0.2, 0) is 25.6 Å². The number of hydrogen-bond acceptors (Lipinski definition) is 5. The molecule has 0 bridgehead atoms. The molecular formula is C15H16ClNO5S2. The summed E-state index contributed by atoms with van der Waals surface area (Å²) in [5, 5.41) is -0.365. The van der Waals surface area contributed by atoms with Gasteiger partial charge in [0, 0.05) is 18.1 Å². The summed E-state index contributed by atoms with van der Waals surface area (Å²) in [6, 6.07) is 7.85. The SMILES string of the molecule is Cc1c(Cl)cccc1S(=O)(=O)N1CC(S(=O)(=O)Cc2ccco2)C1. The Morgan fingerprint density at radius 2 is 1.88 bits per heavy atom. The molecular weight excluding hydrogens is 374 g/mol. The third-order valence-electron chi connectivity index (χ3n) is 4.08. The number of sulfone groups is 1. The fraction of sp³-hybridized carbons (Fsp3) is 0.333. The molecule has 1 fully saturated rings. The van der Waals surface area contributed by atoms with E-state index < -0.39 is 25.1 Å². The van der Waals surface area contributed by atoms with Gasteiger partial charge in [0.05, 0.1) is 16.4 Å². The first-order valence-electron chi connectivity index (χ1n) is 7.21. The molecule has 0 radical (unpaired) electrons. The van der Waals surface area contributed by atoms with Gasteiger partial charge in [0.1, 0.15) is 11.5 Å². The summed E-state index contributed by atoms with van der Waals surface area (Å²) in [5.74, 6) is 0.122. The van der Waals surface area contributed by atoms with Crippen molar-refractivity contribution >= 4 is 31.5 Å². The van der Waals surface area contributed by atoms with E-state index in [9.17, 15) is 16.8 Å². The third-order valence-corrected chi connectivity index (χ3v) is 8.47. The van der Waals surface area contributed by atoms with Crippen molar-refractivity contribution in [2.45, 2.75) is 22.8 Å². The van der Waals surface area contributed by atoms with Crippen molar-refractivity contribution in [1.29, 1.82) is 0 Å². The molecule has 1 aromatic carbocycles. The molecule has 0 aliphatic carbocycles. The van der Waals surface area contributed by atoms with Crippen molar-refractivity contribution in [2.75, 3.05) is 13.1 Å². The van der Waals surface area contributed by atoms with Gasteiger partial charge in [-0.1, -0.05) is 17.7 Å². The zero-order valence-electron chi connectivity index (χ0n) is 12.8. The van der Waals surface area contributed by atoms with Crippen molar-refractivity contribution in [3.05, 3.63) is 52.9 Å². The molecule has 24 heavy (non-hydrogen) atoms. The van der Waals surface area contributed by atoms with Crippen LogP contribution in [-0.4, -0.2) is 39.5 Å². The maximum atomic E-state index is 12.6. The molecule has 6 nitrogen and oxygen atoms in total. The molecule has 0 atom stereocenters. The van der Waals surface area contributed by atoms with Crippen LogP contribution in [0, 0.1) is 6.92 Å². The first-order valence-corrected chi connectivity index (χ1v) is 10.7. The summed E-state index contributed by atoms with van der Waals surface area (Å²) in [4.78, 5) is 0.108. The lowest BCUT2D eigenvalue weighted by molar-refractivity contribution is 0.309. The Morgan fingerprint density at radius 3 is 2.50 bits per heavy atom. The van der Waals surface area contributed by atoms with Crippen molar-refractivity contribution < 1.29 is 21.3 Å². The number of benzene rings is 1. The largest absolute Gasteiger partial charge is 0.468 e. The normalized spacial score (nSPS) is 16.9. The number of rotatable bonds is 5. The highest BCUT2D eigenvalue weighted by atomic mass is 35.5. The van der Waals surface area contributed by atoms with E-state index in [0.717, 1.165) is 4.31 Å². The predicted molar refractivity (Wildman–Crippen MR) is 90.1 cm³/mol. The monoisotopic (exact) mass is 389 g/mol. The van der Waals surface area contributed by atoms with Crippen LogP contribution >= 0.6 is 11.6 Å². The van der Waals surface area contributed by atoms with Gasteiger partial charge in [-0.15, -0.1) is 0 Å². The highest BCUT2D eigenvalue weighted by Crippen LogP contribution is 2.30. The second kappa shape index (κ2) is 6.18. The molecule has 3 rings (SSSR count). The first kappa shape index (κ1) is 17.5. The van der Waals surface area contributed by atoms with E-state index in [4.69, 9.17) is 16.0 Å². The smallest absolute Gasteiger partial charge is 0.243 e. The van der Waals surface area contributed by atoms with E-state index in [1.807, 2.05) is 0 Å². The minimum absolute atomic E-state index is 0.0582. The third kappa shape index (κ3) is 3.11. The summed E-state index contributed by atoms with van der Waals surface area (Å²) in [6.45, 7) is 1.51. The predicted octanol–water partition coefficient (Wildman–Crippen LogP) is 2.23. The lowest BCUT2D eigenvalue weighted by atomic mass is 10.2. The molecule has 1 saturated heterocycles. The van der Waals surface area contributed by atoms with E-state index in [1.165, 1.54) is 12.3 Å². The maximum Gasteiger partial charge on any atom is 0.243 e. The molecule has 0 amide bonds. The quantitative estimate of drug-likeness (QED) is 0.782. The zero-order valence-corrected chi connectivity index (χ0v) is 15.2. The number of furan rings is 1. The van der Waals surface area contributed by atoms with Crippen LogP contribution in [0.25, 0.3) is 0 Å². The zero-order chi connectivity index (χ0) is 17.5.